The maximum atomic E-state index is 11.2. The molecule has 0 spiro atoms. The molecule has 2 fully saturated rings. The van der Waals surface area contributed by atoms with Crippen molar-refractivity contribution in [2.24, 2.45) is 16.7 Å². The zero-order chi connectivity index (χ0) is 12.0. The van der Waals surface area contributed by atoms with E-state index in [2.05, 4.69) is 25.5 Å². The van der Waals surface area contributed by atoms with Crippen LogP contribution in [0, 0.1) is 29.3 Å². The van der Waals surface area contributed by atoms with Gasteiger partial charge in [-0.05, 0) is 30.6 Å². The Hall–Kier alpha value is -1.17. The maximum Gasteiger partial charge on any atom is 0.522 e. The first kappa shape index (κ1) is 11.3. The van der Waals surface area contributed by atoms with Gasteiger partial charge in [0.15, 0.2) is 0 Å². The van der Waals surface area contributed by atoms with E-state index in [0.717, 1.165) is 12.8 Å². The van der Waals surface area contributed by atoms with E-state index in [1.807, 2.05) is 6.11 Å². The molecule has 2 rings (SSSR count). The van der Waals surface area contributed by atoms with E-state index in [0.29, 0.717) is 5.92 Å². The summed E-state index contributed by atoms with van der Waals surface area (Å²) in [7, 11) is 0. The molecule has 3 unspecified atom stereocenters. The van der Waals surface area contributed by atoms with Gasteiger partial charge in [-0.2, -0.15) is 0 Å². The molecule has 0 aliphatic heterocycles. The molecule has 3 heteroatoms. The Bertz CT molecular complexity index is 353. The van der Waals surface area contributed by atoms with Crippen molar-refractivity contribution in [3.63, 3.8) is 0 Å². The van der Waals surface area contributed by atoms with Crippen molar-refractivity contribution in [2.75, 3.05) is 0 Å². The molecular formula is C13H18O3. The van der Waals surface area contributed by atoms with Gasteiger partial charge >= 0.3 is 6.16 Å². The summed E-state index contributed by atoms with van der Waals surface area (Å²) >= 11 is 0. The van der Waals surface area contributed by atoms with Crippen LogP contribution in [-0.4, -0.2) is 12.3 Å². The minimum Gasteiger partial charge on any atom is -0.430 e. The number of carbonyl (C=O) groups is 1. The van der Waals surface area contributed by atoms with Crippen LogP contribution in [0.15, 0.2) is 0 Å². The minimum atomic E-state index is -0.739. The Morgan fingerprint density at radius 1 is 1.44 bits per heavy atom. The van der Waals surface area contributed by atoms with E-state index < -0.39 is 6.16 Å². The van der Waals surface area contributed by atoms with Crippen LogP contribution >= 0.6 is 0 Å². The van der Waals surface area contributed by atoms with Crippen LogP contribution in [0.4, 0.5) is 4.79 Å². The van der Waals surface area contributed by atoms with Crippen molar-refractivity contribution >= 4 is 6.16 Å². The minimum absolute atomic E-state index is 0.0536. The summed E-state index contributed by atoms with van der Waals surface area (Å²) < 4.78 is 9.71. The fraction of sp³-hybridized carbons (Fsp3) is 0.769. The Labute approximate surface area is 96.5 Å². The van der Waals surface area contributed by atoms with E-state index in [-0.39, 0.29) is 16.9 Å². The quantitative estimate of drug-likeness (QED) is 0.505. The number of terminal acetylenes is 1. The third-order valence-corrected chi connectivity index (χ3v) is 5.09. The highest BCUT2D eigenvalue weighted by Gasteiger charge is 2.63. The number of rotatable bonds is 1. The number of hydrogen-bond acceptors (Lipinski definition) is 3. The third-order valence-electron chi connectivity index (χ3n) is 5.09. The van der Waals surface area contributed by atoms with Gasteiger partial charge in [0.1, 0.15) is 12.2 Å². The normalized spacial score (nSPS) is 39.1. The van der Waals surface area contributed by atoms with Crippen LogP contribution in [0.2, 0.25) is 0 Å². The highest BCUT2D eigenvalue weighted by atomic mass is 16.7. The van der Waals surface area contributed by atoms with E-state index >= 15 is 0 Å². The summed E-state index contributed by atoms with van der Waals surface area (Å²) in [6.45, 7) is 6.73. The SMILES string of the molecule is C#COC(=O)OC1CC2CCC1(C)C2(C)C. The summed E-state index contributed by atoms with van der Waals surface area (Å²) in [4.78, 5) is 11.2. The molecule has 2 aliphatic carbocycles. The number of hydrogen-bond donors (Lipinski definition) is 0. The van der Waals surface area contributed by atoms with Crippen molar-refractivity contribution in [1.29, 1.82) is 0 Å². The molecule has 0 aromatic rings. The molecule has 2 aliphatic rings. The molecule has 0 heterocycles. The summed E-state index contributed by atoms with van der Waals surface area (Å²) in [6, 6.07) is 0. The van der Waals surface area contributed by atoms with Gasteiger partial charge < -0.3 is 9.47 Å². The standard InChI is InChI=1S/C13H18O3/c1-5-15-11(14)16-10-8-9-6-7-13(10,4)12(9,2)3/h1,9-10H,6-8H2,2-4H3. The van der Waals surface area contributed by atoms with Crippen molar-refractivity contribution in [3.8, 4) is 12.5 Å². The van der Waals surface area contributed by atoms with Gasteiger partial charge in [0.2, 0.25) is 0 Å². The van der Waals surface area contributed by atoms with E-state index in [1.165, 1.54) is 6.42 Å². The Kier molecular flexibility index (Phi) is 2.41. The van der Waals surface area contributed by atoms with Crippen molar-refractivity contribution < 1.29 is 14.3 Å². The van der Waals surface area contributed by atoms with E-state index in [1.54, 1.807) is 0 Å². The Morgan fingerprint density at radius 3 is 2.56 bits per heavy atom. The second-order valence-electron chi connectivity index (χ2n) is 5.69. The average Bonchev–Trinajstić information content (AvgIpc) is 2.51. The summed E-state index contributed by atoms with van der Waals surface area (Å²) in [6.07, 6.45) is 9.22. The predicted octanol–water partition coefficient (Wildman–Crippen LogP) is 2.95. The van der Waals surface area contributed by atoms with E-state index in [4.69, 9.17) is 11.2 Å². The van der Waals surface area contributed by atoms with E-state index in [9.17, 15) is 4.79 Å². The first-order valence-corrected chi connectivity index (χ1v) is 5.75. The summed E-state index contributed by atoms with van der Waals surface area (Å²) in [5.74, 6) is 0.640. The lowest BCUT2D eigenvalue weighted by atomic mass is 9.70. The third kappa shape index (κ3) is 1.32. The number of carbonyl (C=O) groups excluding carboxylic acids is 1. The second kappa shape index (κ2) is 3.41. The van der Waals surface area contributed by atoms with Crippen LogP contribution in [0.5, 0.6) is 0 Å². The second-order valence-corrected chi connectivity index (χ2v) is 5.69. The fourth-order valence-electron chi connectivity index (χ4n) is 3.50. The first-order valence-electron chi connectivity index (χ1n) is 5.75. The molecule has 2 bridgehead atoms. The van der Waals surface area contributed by atoms with Crippen LogP contribution < -0.4 is 0 Å². The Balaban J connectivity index is 2.11. The van der Waals surface area contributed by atoms with Crippen LogP contribution in [0.3, 0.4) is 0 Å². The maximum absolute atomic E-state index is 11.2. The molecule has 0 radical (unpaired) electrons. The summed E-state index contributed by atoms with van der Waals surface area (Å²) in [5.41, 5.74) is 0.291. The van der Waals surface area contributed by atoms with Gasteiger partial charge in [0, 0.05) is 5.41 Å². The van der Waals surface area contributed by atoms with Gasteiger partial charge in [-0.1, -0.05) is 27.2 Å². The van der Waals surface area contributed by atoms with Crippen LogP contribution in [0.1, 0.15) is 40.0 Å². The van der Waals surface area contributed by atoms with Gasteiger partial charge in [0.25, 0.3) is 0 Å². The number of ether oxygens (including phenoxy) is 2. The topological polar surface area (TPSA) is 35.5 Å². The lowest BCUT2D eigenvalue weighted by Crippen LogP contribution is -2.38. The monoisotopic (exact) mass is 222 g/mol. The van der Waals surface area contributed by atoms with Gasteiger partial charge in [-0.3, -0.25) is 0 Å². The smallest absolute Gasteiger partial charge is 0.430 e. The molecule has 0 aromatic carbocycles. The molecule has 2 saturated carbocycles. The lowest BCUT2D eigenvalue weighted by molar-refractivity contribution is -0.0255. The van der Waals surface area contributed by atoms with Gasteiger partial charge in [-0.15, -0.1) is 0 Å². The summed E-state index contributed by atoms with van der Waals surface area (Å²) in [5, 5.41) is 0. The molecular weight excluding hydrogens is 204 g/mol. The molecule has 16 heavy (non-hydrogen) atoms. The molecule has 0 N–H and O–H groups in total. The highest BCUT2D eigenvalue weighted by molar-refractivity contribution is 5.61. The zero-order valence-electron chi connectivity index (χ0n) is 10.1. The van der Waals surface area contributed by atoms with Gasteiger partial charge in [-0.25, -0.2) is 4.79 Å². The van der Waals surface area contributed by atoms with Gasteiger partial charge in [0.05, 0.1) is 0 Å². The molecule has 0 aromatic heterocycles. The zero-order valence-corrected chi connectivity index (χ0v) is 10.1. The lowest BCUT2D eigenvalue weighted by Gasteiger charge is -2.37. The predicted molar refractivity (Wildman–Crippen MR) is 59.4 cm³/mol. The van der Waals surface area contributed by atoms with Crippen molar-refractivity contribution in [3.05, 3.63) is 0 Å². The number of fused-ring (bicyclic) bond motifs is 2. The van der Waals surface area contributed by atoms with Crippen molar-refractivity contribution in [1.82, 2.24) is 0 Å². The van der Waals surface area contributed by atoms with Crippen LogP contribution in [-0.2, 0) is 9.47 Å². The molecule has 0 amide bonds. The van der Waals surface area contributed by atoms with Crippen LogP contribution in [0.25, 0.3) is 0 Å². The molecule has 88 valence electrons. The largest absolute Gasteiger partial charge is 0.522 e. The average molecular weight is 222 g/mol. The fourth-order valence-corrected chi connectivity index (χ4v) is 3.50. The van der Waals surface area contributed by atoms with Crippen molar-refractivity contribution in [2.45, 2.75) is 46.1 Å². The first-order chi connectivity index (χ1) is 7.41. The Morgan fingerprint density at radius 2 is 2.12 bits per heavy atom. The molecule has 3 atom stereocenters. The molecule has 3 nitrogen and oxygen atoms in total. The highest BCUT2D eigenvalue weighted by Crippen LogP contribution is 2.66. The molecule has 0 saturated heterocycles.